The van der Waals surface area contributed by atoms with Crippen molar-refractivity contribution in [2.24, 2.45) is 5.92 Å². The number of carbonyl (C=O) groups excluding carboxylic acids is 2. The van der Waals surface area contributed by atoms with Gasteiger partial charge in [-0.25, -0.2) is 4.68 Å². The molecule has 4 rings (SSSR count). The van der Waals surface area contributed by atoms with Crippen LogP contribution in [0.25, 0.3) is 16.9 Å². The molecule has 1 aliphatic heterocycles. The number of nitrogens with zero attached hydrogens (tertiary/aromatic N) is 2. The Bertz CT molecular complexity index is 1160. The summed E-state index contributed by atoms with van der Waals surface area (Å²) in [6, 6.07) is 14.5. The van der Waals surface area contributed by atoms with Gasteiger partial charge in [-0.05, 0) is 31.2 Å². The van der Waals surface area contributed by atoms with Crippen molar-refractivity contribution >= 4 is 17.6 Å². The summed E-state index contributed by atoms with van der Waals surface area (Å²) in [4.78, 5) is 23.9. The van der Waals surface area contributed by atoms with Crippen LogP contribution in [0.15, 0.2) is 54.6 Å². The standard InChI is InChI=1S/C22H19F3N4O3/c1-13-5-7-16(8-6-13)29-18(14-3-2-4-17(9-14)32-22(23,24)25)11-19(28-29)27-21(31)15-10-20(30)26-12-15/h2-9,11,15H,10,12H2,1H3,(H,26,30)(H,27,28,31)/t15-/m1/s1. The number of aryl methyl sites for hydroxylation is 1. The second-order valence-corrected chi connectivity index (χ2v) is 7.43. The number of nitrogens with one attached hydrogen (secondary N) is 2. The van der Waals surface area contributed by atoms with Crippen molar-refractivity contribution < 1.29 is 27.5 Å². The van der Waals surface area contributed by atoms with E-state index in [0.717, 1.165) is 5.56 Å². The lowest BCUT2D eigenvalue weighted by molar-refractivity contribution is -0.274. The Balaban J connectivity index is 1.70. The first-order valence-electron chi connectivity index (χ1n) is 9.79. The largest absolute Gasteiger partial charge is 0.573 e. The predicted octanol–water partition coefficient (Wildman–Crippen LogP) is 3.82. The number of anilines is 1. The van der Waals surface area contributed by atoms with Gasteiger partial charge in [-0.15, -0.1) is 18.3 Å². The molecule has 0 bridgehead atoms. The van der Waals surface area contributed by atoms with Gasteiger partial charge in [-0.3, -0.25) is 9.59 Å². The van der Waals surface area contributed by atoms with Crippen molar-refractivity contribution in [2.45, 2.75) is 19.7 Å². The molecule has 0 saturated carbocycles. The highest BCUT2D eigenvalue weighted by molar-refractivity contribution is 5.97. The van der Waals surface area contributed by atoms with Crippen molar-refractivity contribution in [3.05, 3.63) is 60.2 Å². The molecule has 0 spiro atoms. The molecule has 2 aromatic carbocycles. The number of amides is 2. The van der Waals surface area contributed by atoms with Crippen LogP contribution in [0, 0.1) is 12.8 Å². The molecule has 2 heterocycles. The van der Waals surface area contributed by atoms with Gasteiger partial charge in [0.25, 0.3) is 0 Å². The van der Waals surface area contributed by atoms with Crippen molar-refractivity contribution in [1.29, 1.82) is 0 Å². The lowest BCUT2D eigenvalue weighted by Crippen LogP contribution is -2.24. The lowest BCUT2D eigenvalue weighted by Gasteiger charge is -2.11. The average molecular weight is 444 g/mol. The molecule has 166 valence electrons. The molecule has 10 heteroatoms. The van der Waals surface area contributed by atoms with Gasteiger partial charge < -0.3 is 15.4 Å². The van der Waals surface area contributed by atoms with Crippen LogP contribution in [0.3, 0.4) is 0 Å². The fraction of sp³-hybridized carbons (Fsp3) is 0.227. The minimum absolute atomic E-state index is 0.0915. The molecule has 0 unspecified atom stereocenters. The Kier molecular flexibility index (Phi) is 5.60. The van der Waals surface area contributed by atoms with E-state index in [9.17, 15) is 22.8 Å². The first kappa shape index (κ1) is 21.4. The number of hydrogen-bond acceptors (Lipinski definition) is 4. The number of benzene rings is 2. The van der Waals surface area contributed by atoms with Crippen molar-refractivity contribution in [1.82, 2.24) is 15.1 Å². The maximum atomic E-state index is 12.7. The third-order valence-corrected chi connectivity index (χ3v) is 4.95. The molecule has 1 saturated heterocycles. The van der Waals surface area contributed by atoms with Crippen LogP contribution in [0.4, 0.5) is 19.0 Å². The molecule has 1 atom stereocenters. The summed E-state index contributed by atoms with van der Waals surface area (Å²) in [6.07, 6.45) is -4.73. The van der Waals surface area contributed by atoms with Crippen molar-refractivity contribution in [3.8, 4) is 22.7 Å². The zero-order valence-electron chi connectivity index (χ0n) is 16.9. The number of carbonyl (C=O) groups is 2. The Morgan fingerprint density at radius 1 is 1.19 bits per heavy atom. The van der Waals surface area contributed by atoms with Crippen LogP contribution < -0.4 is 15.4 Å². The minimum Gasteiger partial charge on any atom is -0.406 e. The molecule has 32 heavy (non-hydrogen) atoms. The minimum atomic E-state index is -4.82. The van der Waals surface area contributed by atoms with Gasteiger partial charge >= 0.3 is 6.36 Å². The fourth-order valence-corrected chi connectivity index (χ4v) is 3.40. The maximum absolute atomic E-state index is 12.7. The monoisotopic (exact) mass is 444 g/mol. The van der Waals surface area contributed by atoms with Crippen LogP contribution >= 0.6 is 0 Å². The SMILES string of the molecule is Cc1ccc(-n2nc(NC(=O)[C@H]3CNC(=O)C3)cc2-c2cccc(OC(F)(F)F)c2)cc1. The van der Waals surface area contributed by atoms with E-state index in [0.29, 0.717) is 16.9 Å². The van der Waals surface area contributed by atoms with Gasteiger partial charge in [0.15, 0.2) is 5.82 Å². The molecule has 1 aromatic heterocycles. The third kappa shape index (κ3) is 4.90. The highest BCUT2D eigenvalue weighted by Crippen LogP contribution is 2.31. The highest BCUT2D eigenvalue weighted by atomic mass is 19.4. The molecule has 7 nitrogen and oxygen atoms in total. The lowest BCUT2D eigenvalue weighted by atomic mass is 10.1. The number of hydrogen-bond donors (Lipinski definition) is 2. The van der Waals surface area contributed by atoms with Crippen molar-refractivity contribution in [2.75, 3.05) is 11.9 Å². The van der Waals surface area contributed by atoms with E-state index in [1.165, 1.54) is 22.9 Å². The zero-order valence-corrected chi connectivity index (χ0v) is 16.9. The number of halogens is 3. The van der Waals surface area contributed by atoms with Crippen LogP contribution in [0.2, 0.25) is 0 Å². The molecule has 1 aliphatic rings. The second kappa shape index (κ2) is 8.37. The van der Waals surface area contributed by atoms with Crippen LogP contribution in [0.5, 0.6) is 5.75 Å². The van der Waals surface area contributed by atoms with Gasteiger partial charge in [0.1, 0.15) is 5.75 Å². The molecule has 2 amide bonds. The smallest absolute Gasteiger partial charge is 0.406 e. The third-order valence-electron chi connectivity index (χ3n) is 4.95. The van der Waals surface area contributed by atoms with E-state index in [1.807, 2.05) is 31.2 Å². The van der Waals surface area contributed by atoms with Crippen LogP contribution in [0.1, 0.15) is 12.0 Å². The summed E-state index contributed by atoms with van der Waals surface area (Å²) in [5.74, 6) is -1.23. The normalized spacial score (nSPS) is 16.0. The fourth-order valence-electron chi connectivity index (χ4n) is 3.40. The Morgan fingerprint density at radius 3 is 2.59 bits per heavy atom. The summed E-state index contributed by atoms with van der Waals surface area (Å²) in [5, 5.41) is 9.74. The molecule has 0 radical (unpaired) electrons. The summed E-state index contributed by atoms with van der Waals surface area (Å²) in [5.41, 5.74) is 2.55. The summed E-state index contributed by atoms with van der Waals surface area (Å²) >= 11 is 0. The van der Waals surface area contributed by atoms with E-state index in [1.54, 1.807) is 12.1 Å². The van der Waals surface area contributed by atoms with E-state index in [2.05, 4.69) is 20.5 Å². The highest BCUT2D eigenvalue weighted by Gasteiger charge is 2.31. The van der Waals surface area contributed by atoms with E-state index in [-0.39, 0.29) is 36.3 Å². The van der Waals surface area contributed by atoms with E-state index in [4.69, 9.17) is 0 Å². The Morgan fingerprint density at radius 2 is 1.94 bits per heavy atom. The molecule has 2 N–H and O–H groups in total. The van der Waals surface area contributed by atoms with Crippen LogP contribution in [-0.2, 0) is 9.59 Å². The summed E-state index contributed by atoms with van der Waals surface area (Å²) in [6.45, 7) is 2.17. The average Bonchev–Trinajstić information content (AvgIpc) is 3.34. The first-order valence-corrected chi connectivity index (χ1v) is 9.79. The van der Waals surface area contributed by atoms with E-state index < -0.39 is 12.3 Å². The molecular weight excluding hydrogens is 425 g/mol. The number of ether oxygens (including phenoxy) is 1. The number of aromatic nitrogens is 2. The second-order valence-electron chi connectivity index (χ2n) is 7.43. The summed E-state index contributed by atoms with van der Waals surface area (Å²) in [7, 11) is 0. The Labute approximate surface area is 181 Å². The van der Waals surface area contributed by atoms with Crippen molar-refractivity contribution in [3.63, 3.8) is 0 Å². The quantitative estimate of drug-likeness (QED) is 0.627. The predicted molar refractivity (Wildman–Crippen MR) is 110 cm³/mol. The van der Waals surface area contributed by atoms with Gasteiger partial charge in [-0.2, -0.15) is 0 Å². The van der Waals surface area contributed by atoms with Gasteiger partial charge in [-0.1, -0.05) is 29.8 Å². The van der Waals surface area contributed by atoms with E-state index >= 15 is 0 Å². The summed E-state index contributed by atoms with van der Waals surface area (Å²) < 4.78 is 43.6. The molecule has 1 fully saturated rings. The molecule has 0 aliphatic carbocycles. The number of alkyl halides is 3. The maximum Gasteiger partial charge on any atom is 0.573 e. The molecular formula is C22H19F3N4O3. The topological polar surface area (TPSA) is 85.3 Å². The zero-order chi connectivity index (χ0) is 22.9. The van der Waals surface area contributed by atoms with Gasteiger partial charge in [0.05, 0.1) is 17.3 Å². The van der Waals surface area contributed by atoms with Crippen LogP contribution in [-0.4, -0.2) is 34.5 Å². The first-order chi connectivity index (χ1) is 15.2. The van der Waals surface area contributed by atoms with Gasteiger partial charge in [0, 0.05) is 24.6 Å². The Hall–Kier alpha value is -3.82. The van der Waals surface area contributed by atoms with Gasteiger partial charge in [0.2, 0.25) is 11.8 Å². The number of rotatable bonds is 5. The molecule has 3 aromatic rings.